The van der Waals surface area contributed by atoms with E-state index >= 15 is 0 Å². The van der Waals surface area contributed by atoms with E-state index in [1.165, 1.54) is 5.52 Å². The minimum Gasteiger partial charge on any atom is -0.329 e. The van der Waals surface area contributed by atoms with E-state index in [4.69, 9.17) is 0 Å². The second-order valence-corrected chi connectivity index (χ2v) is 4.27. The fraction of sp³-hybridized carbons (Fsp3) is 0.400. The molecule has 2 rings (SSSR count). The monoisotopic (exact) mass is 241 g/mol. The topological polar surface area (TPSA) is 29.9 Å². The quantitative estimate of drug-likeness (QED) is 0.815. The first-order valence-corrected chi connectivity index (χ1v) is 6.38. The predicted octanol–water partition coefficient (Wildman–Crippen LogP) is 2.43. The molecule has 0 aliphatic heterocycles. The van der Waals surface area contributed by atoms with Gasteiger partial charge in [0, 0.05) is 19.0 Å². The fourth-order valence-corrected chi connectivity index (χ4v) is 2.11. The first kappa shape index (κ1) is 12.7. The molecule has 0 bridgehead atoms. The molecule has 2 aromatic rings. The lowest BCUT2D eigenvalue weighted by Gasteiger charge is -2.16. The molecule has 0 aliphatic rings. The van der Waals surface area contributed by atoms with Crippen molar-refractivity contribution in [3.63, 3.8) is 0 Å². The first-order valence-electron chi connectivity index (χ1n) is 6.38. The Hall–Kier alpha value is -1.79. The van der Waals surface area contributed by atoms with Crippen LogP contribution in [0.4, 0.5) is 0 Å². The second kappa shape index (κ2) is 6.23. The van der Waals surface area contributed by atoms with Crippen molar-refractivity contribution in [1.82, 2.24) is 14.9 Å². The molecule has 0 radical (unpaired) electrons. The normalized spacial score (nSPS) is 12.1. The van der Waals surface area contributed by atoms with Crippen LogP contribution in [0.2, 0.25) is 0 Å². The van der Waals surface area contributed by atoms with Crippen LogP contribution in [0, 0.1) is 11.8 Å². The molecule has 1 atom stereocenters. The van der Waals surface area contributed by atoms with E-state index in [0.29, 0.717) is 6.04 Å². The van der Waals surface area contributed by atoms with E-state index in [2.05, 4.69) is 45.8 Å². The van der Waals surface area contributed by atoms with Crippen LogP contribution in [0.25, 0.3) is 11.0 Å². The molecule has 1 N–H and O–H groups in total. The zero-order chi connectivity index (χ0) is 12.8. The molecule has 0 saturated carbocycles. The number of para-hydroxylation sites is 2. The lowest BCUT2D eigenvalue weighted by atomic mass is 10.2. The molecule has 1 unspecified atom stereocenters. The molecule has 1 aromatic carbocycles. The molecule has 0 aliphatic carbocycles. The average molecular weight is 241 g/mol. The zero-order valence-electron chi connectivity index (χ0n) is 11.0. The highest BCUT2D eigenvalue weighted by Crippen LogP contribution is 2.12. The van der Waals surface area contributed by atoms with Gasteiger partial charge in [0.25, 0.3) is 0 Å². The largest absolute Gasteiger partial charge is 0.329 e. The summed E-state index contributed by atoms with van der Waals surface area (Å²) < 4.78 is 2.19. The molecular formula is C15H19N3. The highest BCUT2D eigenvalue weighted by atomic mass is 15.1. The van der Waals surface area contributed by atoms with Crippen LogP contribution < -0.4 is 5.32 Å². The van der Waals surface area contributed by atoms with Crippen molar-refractivity contribution in [3.05, 3.63) is 30.6 Å². The number of benzene rings is 1. The maximum Gasteiger partial charge on any atom is 0.0958 e. The second-order valence-electron chi connectivity index (χ2n) is 4.27. The third kappa shape index (κ3) is 2.91. The van der Waals surface area contributed by atoms with Gasteiger partial charge >= 0.3 is 0 Å². The number of hydrogen-bond acceptors (Lipinski definition) is 2. The predicted molar refractivity (Wildman–Crippen MR) is 75.3 cm³/mol. The van der Waals surface area contributed by atoms with Gasteiger partial charge in [-0.05, 0) is 25.6 Å². The maximum absolute atomic E-state index is 4.41. The Kier molecular flexibility index (Phi) is 4.38. The highest BCUT2D eigenvalue weighted by molar-refractivity contribution is 5.74. The molecule has 3 heteroatoms. The summed E-state index contributed by atoms with van der Waals surface area (Å²) in [5.74, 6) is 6.11. The van der Waals surface area contributed by atoms with E-state index in [1.54, 1.807) is 0 Å². The van der Waals surface area contributed by atoms with E-state index < -0.39 is 0 Å². The van der Waals surface area contributed by atoms with Crippen molar-refractivity contribution < 1.29 is 0 Å². The van der Waals surface area contributed by atoms with Gasteiger partial charge in [-0.25, -0.2) is 4.98 Å². The first-order chi connectivity index (χ1) is 8.85. The standard InChI is InChI=1S/C15H19N3/c1-3-5-8-13(16-4-2)11-18-12-17-14-9-6-7-10-15(14)18/h6-7,9-10,12-13,16H,4,8,11H2,1-2H3. The summed E-state index contributed by atoms with van der Waals surface area (Å²) in [5.41, 5.74) is 2.24. The third-order valence-electron chi connectivity index (χ3n) is 2.96. The van der Waals surface area contributed by atoms with Gasteiger partial charge in [-0.3, -0.25) is 0 Å². The number of rotatable bonds is 5. The summed E-state index contributed by atoms with van der Waals surface area (Å²) in [6.45, 7) is 5.87. The van der Waals surface area contributed by atoms with Gasteiger partial charge in [0.2, 0.25) is 0 Å². The molecule has 3 nitrogen and oxygen atoms in total. The lowest BCUT2D eigenvalue weighted by Crippen LogP contribution is -2.32. The van der Waals surface area contributed by atoms with Gasteiger partial charge in [-0.2, -0.15) is 0 Å². The van der Waals surface area contributed by atoms with Crippen LogP contribution in [0.15, 0.2) is 30.6 Å². The Balaban J connectivity index is 2.16. The Morgan fingerprint density at radius 1 is 1.39 bits per heavy atom. The van der Waals surface area contributed by atoms with E-state index in [0.717, 1.165) is 25.0 Å². The summed E-state index contributed by atoms with van der Waals surface area (Å²) in [7, 11) is 0. The van der Waals surface area contributed by atoms with Gasteiger partial charge in [0.05, 0.1) is 17.4 Å². The molecule has 1 aromatic heterocycles. The van der Waals surface area contributed by atoms with Crippen LogP contribution >= 0.6 is 0 Å². The number of fused-ring (bicyclic) bond motifs is 1. The Morgan fingerprint density at radius 2 is 2.22 bits per heavy atom. The average Bonchev–Trinajstić information content (AvgIpc) is 2.80. The lowest BCUT2D eigenvalue weighted by molar-refractivity contribution is 0.471. The summed E-state index contributed by atoms with van der Waals surface area (Å²) in [6.07, 6.45) is 2.78. The minimum atomic E-state index is 0.375. The van der Waals surface area contributed by atoms with Crippen molar-refractivity contribution in [2.75, 3.05) is 6.54 Å². The van der Waals surface area contributed by atoms with Crippen molar-refractivity contribution in [1.29, 1.82) is 0 Å². The zero-order valence-corrected chi connectivity index (χ0v) is 11.0. The fourth-order valence-electron chi connectivity index (χ4n) is 2.11. The van der Waals surface area contributed by atoms with Crippen LogP contribution in [0.3, 0.4) is 0 Å². The van der Waals surface area contributed by atoms with Gasteiger partial charge < -0.3 is 9.88 Å². The smallest absolute Gasteiger partial charge is 0.0958 e. The summed E-state index contributed by atoms with van der Waals surface area (Å²) in [6, 6.07) is 8.59. The SMILES string of the molecule is CC#CCC(Cn1cnc2ccccc21)NCC. The molecule has 0 spiro atoms. The summed E-state index contributed by atoms with van der Waals surface area (Å²) in [4.78, 5) is 4.41. The molecular weight excluding hydrogens is 222 g/mol. The summed E-state index contributed by atoms with van der Waals surface area (Å²) >= 11 is 0. The number of hydrogen-bond donors (Lipinski definition) is 1. The van der Waals surface area contributed by atoms with Gasteiger partial charge in [0.15, 0.2) is 0 Å². The van der Waals surface area contributed by atoms with Crippen molar-refractivity contribution >= 4 is 11.0 Å². The van der Waals surface area contributed by atoms with Crippen LogP contribution in [0.5, 0.6) is 0 Å². The minimum absolute atomic E-state index is 0.375. The maximum atomic E-state index is 4.41. The summed E-state index contributed by atoms with van der Waals surface area (Å²) in [5, 5.41) is 3.47. The third-order valence-corrected chi connectivity index (χ3v) is 2.96. The Labute approximate surface area is 108 Å². The Morgan fingerprint density at radius 3 is 3.00 bits per heavy atom. The van der Waals surface area contributed by atoms with Crippen LogP contribution in [-0.2, 0) is 6.54 Å². The van der Waals surface area contributed by atoms with Crippen molar-refractivity contribution in [2.45, 2.75) is 32.9 Å². The van der Waals surface area contributed by atoms with E-state index in [-0.39, 0.29) is 0 Å². The van der Waals surface area contributed by atoms with Crippen LogP contribution in [0.1, 0.15) is 20.3 Å². The van der Waals surface area contributed by atoms with Crippen molar-refractivity contribution in [2.24, 2.45) is 0 Å². The number of aromatic nitrogens is 2. The van der Waals surface area contributed by atoms with E-state index in [9.17, 15) is 0 Å². The highest BCUT2D eigenvalue weighted by Gasteiger charge is 2.09. The number of nitrogens with one attached hydrogen (secondary N) is 1. The number of likely N-dealkylation sites (N-methyl/N-ethyl adjacent to an activating group) is 1. The number of nitrogens with zero attached hydrogens (tertiary/aromatic N) is 2. The Bertz CT molecular complexity index is 560. The molecule has 1 heterocycles. The van der Waals surface area contributed by atoms with Gasteiger partial charge in [-0.15, -0.1) is 11.8 Å². The molecule has 94 valence electrons. The molecule has 0 fully saturated rings. The molecule has 0 amide bonds. The van der Waals surface area contributed by atoms with E-state index in [1.807, 2.05) is 25.4 Å². The van der Waals surface area contributed by atoms with Gasteiger partial charge in [-0.1, -0.05) is 19.1 Å². The van der Waals surface area contributed by atoms with Gasteiger partial charge in [0.1, 0.15) is 0 Å². The molecule has 18 heavy (non-hydrogen) atoms. The molecule has 0 saturated heterocycles. The van der Waals surface area contributed by atoms with Crippen molar-refractivity contribution in [3.8, 4) is 11.8 Å². The number of imidazole rings is 1. The van der Waals surface area contributed by atoms with Crippen LogP contribution in [-0.4, -0.2) is 22.1 Å².